The Kier molecular flexibility index (Phi) is 5.93. The lowest BCUT2D eigenvalue weighted by atomic mass is 10.0. The van der Waals surface area contributed by atoms with Crippen molar-refractivity contribution in [1.29, 1.82) is 5.26 Å². The van der Waals surface area contributed by atoms with Crippen molar-refractivity contribution in [2.24, 2.45) is 0 Å². The van der Waals surface area contributed by atoms with E-state index in [2.05, 4.69) is 4.74 Å². The van der Waals surface area contributed by atoms with E-state index in [9.17, 15) is 31.1 Å². The molecule has 0 aliphatic heterocycles. The maximum absolute atomic E-state index is 12.8. The summed E-state index contributed by atoms with van der Waals surface area (Å²) in [6.45, 7) is 1.43. The van der Waals surface area contributed by atoms with Gasteiger partial charge >= 0.3 is 17.7 Å². The number of benzene rings is 1. The van der Waals surface area contributed by atoms with Crippen LogP contribution < -0.4 is 0 Å². The Balaban J connectivity index is 3.47. The lowest BCUT2D eigenvalue weighted by Gasteiger charge is -2.16. The van der Waals surface area contributed by atoms with E-state index in [0.717, 1.165) is 12.1 Å². The first-order valence-electron chi connectivity index (χ1n) is 6.04. The van der Waals surface area contributed by atoms with E-state index in [1.54, 1.807) is 0 Å². The lowest BCUT2D eigenvalue weighted by Crippen LogP contribution is -2.14. The molecule has 0 bridgehead atoms. The fourth-order valence-electron chi connectivity index (χ4n) is 1.71. The van der Waals surface area contributed by atoms with E-state index in [0.29, 0.717) is 6.07 Å². The fraction of sp³-hybridized carbons (Fsp3) is 0.385. The van der Waals surface area contributed by atoms with Crippen molar-refractivity contribution >= 4 is 17.7 Å². The van der Waals surface area contributed by atoms with Crippen LogP contribution in [-0.2, 0) is 22.1 Å². The van der Waals surface area contributed by atoms with Crippen LogP contribution in [0.1, 0.15) is 23.6 Å². The van der Waals surface area contributed by atoms with Gasteiger partial charge in [-0.2, -0.15) is 31.6 Å². The van der Waals surface area contributed by atoms with Gasteiger partial charge < -0.3 is 4.74 Å². The number of esters is 1. The highest BCUT2D eigenvalue weighted by molar-refractivity contribution is 8.00. The van der Waals surface area contributed by atoms with Crippen molar-refractivity contribution in [3.63, 3.8) is 0 Å². The number of nitriles is 1. The fourth-order valence-corrected chi connectivity index (χ4v) is 2.47. The van der Waals surface area contributed by atoms with Gasteiger partial charge in [0.05, 0.1) is 24.2 Å². The van der Waals surface area contributed by atoms with Crippen molar-refractivity contribution in [2.75, 3.05) is 6.61 Å². The monoisotopic (exact) mass is 357 g/mol. The minimum absolute atomic E-state index is 0.0354. The van der Waals surface area contributed by atoms with E-state index in [4.69, 9.17) is 5.26 Å². The Morgan fingerprint density at radius 2 is 1.87 bits per heavy atom. The van der Waals surface area contributed by atoms with Gasteiger partial charge in [-0.05, 0) is 30.3 Å². The minimum atomic E-state index is -4.99. The van der Waals surface area contributed by atoms with Gasteiger partial charge in [0, 0.05) is 4.90 Å². The van der Waals surface area contributed by atoms with Crippen LogP contribution in [0, 0.1) is 11.3 Å². The number of ether oxygens (including phenoxy) is 1. The highest BCUT2D eigenvalue weighted by atomic mass is 32.2. The van der Waals surface area contributed by atoms with Gasteiger partial charge in [0.1, 0.15) is 6.07 Å². The third-order valence-corrected chi connectivity index (χ3v) is 3.42. The van der Waals surface area contributed by atoms with Crippen LogP contribution in [0.4, 0.5) is 26.3 Å². The molecule has 0 amide bonds. The molecule has 1 aromatic carbocycles. The van der Waals surface area contributed by atoms with Crippen LogP contribution in [0.3, 0.4) is 0 Å². The predicted molar refractivity (Wildman–Crippen MR) is 68.4 cm³/mol. The summed E-state index contributed by atoms with van der Waals surface area (Å²) in [6, 6.07) is 2.37. The molecular weight excluding hydrogens is 348 g/mol. The summed E-state index contributed by atoms with van der Waals surface area (Å²) >= 11 is -0.861. The Bertz CT molecular complexity index is 633. The molecule has 0 radical (unpaired) electrons. The first-order valence-corrected chi connectivity index (χ1v) is 6.85. The van der Waals surface area contributed by atoms with E-state index in [1.165, 1.54) is 6.92 Å². The zero-order chi connectivity index (χ0) is 17.8. The standard InChI is InChI=1S/C13H9F6NO2S/c1-2-22-10(21)5-7-3-4-9(12(14,15)16)8(6-20)11(7)23-13(17,18)19/h3-4H,2,5H2,1H3. The number of halogens is 6. The summed E-state index contributed by atoms with van der Waals surface area (Å²) in [5.74, 6) is -0.903. The van der Waals surface area contributed by atoms with Crippen LogP contribution in [0.5, 0.6) is 0 Å². The maximum atomic E-state index is 12.8. The first-order chi connectivity index (χ1) is 10.5. The van der Waals surface area contributed by atoms with E-state index >= 15 is 0 Å². The second-order valence-corrected chi connectivity index (χ2v) is 5.19. The first kappa shape index (κ1) is 19.2. The molecule has 0 atom stereocenters. The second-order valence-electron chi connectivity index (χ2n) is 4.12. The van der Waals surface area contributed by atoms with E-state index < -0.39 is 51.9 Å². The van der Waals surface area contributed by atoms with Crippen molar-refractivity contribution in [1.82, 2.24) is 0 Å². The highest BCUT2D eigenvalue weighted by Crippen LogP contribution is 2.44. The number of carbonyl (C=O) groups is 1. The number of hydrogen-bond acceptors (Lipinski definition) is 4. The zero-order valence-electron chi connectivity index (χ0n) is 11.5. The van der Waals surface area contributed by atoms with Crippen molar-refractivity contribution in [3.8, 4) is 6.07 Å². The Morgan fingerprint density at radius 3 is 2.30 bits per heavy atom. The molecule has 0 heterocycles. The third-order valence-electron chi connectivity index (χ3n) is 2.51. The molecule has 1 rings (SSSR count). The summed E-state index contributed by atoms with van der Waals surface area (Å²) in [4.78, 5) is 10.5. The average Bonchev–Trinajstić information content (AvgIpc) is 2.37. The molecular formula is C13H9F6NO2S. The Labute approximate surface area is 131 Å². The summed E-state index contributed by atoms with van der Waals surface area (Å²) < 4.78 is 80.9. The third kappa shape index (κ3) is 5.35. The molecule has 0 aromatic heterocycles. The summed E-state index contributed by atoms with van der Waals surface area (Å²) in [5, 5.41) is 8.87. The van der Waals surface area contributed by atoms with Gasteiger partial charge in [-0.15, -0.1) is 0 Å². The molecule has 0 aliphatic carbocycles. The van der Waals surface area contributed by atoms with Crippen molar-refractivity contribution in [2.45, 2.75) is 29.9 Å². The molecule has 126 valence electrons. The number of rotatable bonds is 4. The van der Waals surface area contributed by atoms with Crippen molar-refractivity contribution in [3.05, 3.63) is 28.8 Å². The number of nitrogens with zero attached hydrogens (tertiary/aromatic N) is 1. The van der Waals surface area contributed by atoms with E-state index in [-0.39, 0.29) is 12.2 Å². The predicted octanol–water partition coefficient (Wildman–Crippen LogP) is 4.29. The SMILES string of the molecule is CCOC(=O)Cc1ccc(C(F)(F)F)c(C#N)c1SC(F)(F)F. The van der Waals surface area contributed by atoms with Crippen molar-refractivity contribution < 1.29 is 35.9 Å². The molecule has 0 N–H and O–H groups in total. The summed E-state index contributed by atoms with van der Waals surface area (Å²) in [5.41, 5.74) is -7.92. The number of thioether (sulfide) groups is 1. The van der Waals surface area contributed by atoms with Crippen LogP contribution >= 0.6 is 11.8 Å². The maximum Gasteiger partial charge on any atom is 0.446 e. The van der Waals surface area contributed by atoms with Gasteiger partial charge in [-0.25, -0.2) is 0 Å². The zero-order valence-corrected chi connectivity index (χ0v) is 12.3. The number of alkyl halides is 6. The van der Waals surface area contributed by atoms with E-state index in [1.807, 2.05) is 0 Å². The minimum Gasteiger partial charge on any atom is -0.466 e. The van der Waals surface area contributed by atoms with Gasteiger partial charge in [0.25, 0.3) is 0 Å². The number of hydrogen-bond donors (Lipinski definition) is 0. The van der Waals surface area contributed by atoms with Crippen LogP contribution in [0.25, 0.3) is 0 Å². The molecule has 1 aromatic rings. The van der Waals surface area contributed by atoms with Gasteiger partial charge in [0.15, 0.2) is 0 Å². The molecule has 0 spiro atoms. The average molecular weight is 357 g/mol. The van der Waals surface area contributed by atoms with Gasteiger partial charge in [-0.3, -0.25) is 4.79 Å². The second kappa shape index (κ2) is 7.12. The van der Waals surface area contributed by atoms with Crippen LogP contribution in [0.15, 0.2) is 17.0 Å². The Hall–Kier alpha value is -1.89. The molecule has 3 nitrogen and oxygen atoms in total. The summed E-state index contributed by atoms with van der Waals surface area (Å²) in [7, 11) is 0. The quantitative estimate of drug-likeness (QED) is 0.458. The Morgan fingerprint density at radius 1 is 1.26 bits per heavy atom. The molecule has 0 saturated heterocycles. The van der Waals surface area contributed by atoms with Gasteiger partial charge in [0.2, 0.25) is 0 Å². The topological polar surface area (TPSA) is 50.1 Å². The highest BCUT2D eigenvalue weighted by Gasteiger charge is 2.39. The van der Waals surface area contributed by atoms with Gasteiger partial charge in [-0.1, -0.05) is 6.07 Å². The molecule has 0 aliphatic rings. The smallest absolute Gasteiger partial charge is 0.446 e. The van der Waals surface area contributed by atoms with Crippen LogP contribution in [0.2, 0.25) is 0 Å². The molecule has 10 heteroatoms. The summed E-state index contributed by atoms with van der Waals surface area (Å²) in [6.07, 6.45) is -5.66. The molecule has 0 unspecified atom stereocenters. The molecule has 0 saturated carbocycles. The number of carbonyl (C=O) groups excluding carboxylic acids is 1. The normalized spacial score (nSPS) is 11.9. The molecule has 23 heavy (non-hydrogen) atoms. The lowest BCUT2D eigenvalue weighted by molar-refractivity contribution is -0.142. The largest absolute Gasteiger partial charge is 0.466 e. The van der Waals surface area contributed by atoms with Crippen LogP contribution in [-0.4, -0.2) is 18.1 Å². The molecule has 0 fully saturated rings.